The number of halogens is 1. The molecule has 0 unspecified atom stereocenters. The van der Waals surface area contributed by atoms with Crippen LogP contribution in [0.3, 0.4) is 0 Å². The average Bonchev–Trinajstić information content (AvgIpc) is 0. The summed E-state index contributed by atoms with van der Waals surface area (Å²) in [6.45, 7) is 0. The molecule has 0 saturated carbocycles. The van der Waals surface area contributed by atoms with Crippen LogP contribution in [0.1, 0.15) is 2.85 Å². The molecule has 0 bridgehead atoms. The second kappa shape index (κ2) is 275. The molecule has 0 rings (SSSR count). The van der Waals surface area contributed by atoms with E-state index in [-0.39, 0.29) is 82.7 Å². The van der Waals surface area contributed by atoms with Crippen LogP contribution in [0.4, 0.5) is 0 Å². The van der Waals surface area contributed by atoms with Gasteiger partial charge in [0.25, 0.3) is 0 Å². The molecule has 0 fully saturated rings. The Morgan fingerprint density at radius 3 is 0.500 bits per heavy atom. The fourth-order valence-electron chi connectivity index (χ4n) is 0. The Bertz CT molecular complexity index is 15.7. The zero-order valence-corrected chi connectivity index (χ0v) is 7.86. The van der Waals surface area contributed by atoms with E-state index in [9.17, 15) is 0 Å². The molecule has 0 aromatic heterocycles. The molecule has 0 atom stereocenters. The van der Waals surface area contributed by atoms with Gasteiger partial charge in [-0.2, -0.15) is 0 Å². The molecule has 8 heteroatoms. The Hall–Kier alpha value is 1.26. The molecule has 60 valence electrons. The van der Waals surface area contributed by atoms with Gasteiger partial charge in [-0.15, -0.1) is 24.0 Å². The van der Waals surface area contributed by atoms with Gasteiger partial charge in [0.15, 0.2) is 0 Å². The van der Waals surface area contributed by atoms with E-state index in [4.69, 9.17) is 0 Å². The van der Waals surface area contributed by atoms with E-state index in [0.29, 0.717) is 0 Å². The van der Waals surface area contributed by atoms with Crippen LogP contribution in [-0.2, 0) is 0 Å². The van der Waals surface area contributed by atoms with Crippen molar-refractivity contribution in [2.24, 2.45) is 0 Å². The summed E-state index contributed by atoms with van der Waals surface area (Å²) in [6, 6.07) is 0. The fraction of sp³-hybridized carbons (Fsp3) is 0. The molecule has 0 aliphatic rings. The van der Waals surface area contributed by atoms with Crippen molar-refractivity contribution in [3.05, 3.63) is 0 Å². The molecule has 0 amide bonds. The van der Waals surface area contributed by atoms with Crippen molar-refractivity contribution >= 4 is 47.0 Å². The first-order chi connectivity index (χ1) is 0. The van der Waals surface area contributed by atoms with Crippen LogP contribution < -0.4 is 0 Å². The first kappa shape index (κ1) is 400. The van der Waals surface area contributed by atoms with E-state index < -0.39 is 0 Å². The first-order valence-electron chi connectivity index (χ1n) is 0. The van der Waals surface area contributed by atoms with Gasteiger partial charge < -0.3 is 35.7 Å². The Labute approximate surface area is 82.6 Å². The molecule has 0 aromatic carbocycles. The van der Waals surface area contributed by atoms with Crippen molar-refractivity contribution in [2.45, 2.75) is 0 Å². The zero-order chi connectivity index (χ0) is 0. The molecule has 12 N–H and O–H groups in total. The minimum atomic E-state index is 0. The van der Waals surface area contributed by atoms with Crippen LogP contribution >= 0.6 is 24.0 Å². The summed E-state index contributed by atoms with van der Waals surface area (Å²) in [4.78, 5) is 0. The third kappa shape index (κ3) is 180. The second-order valence-electron chi connectivity index (χ2n) is 0. The van der Waals surface area contributed by atoms with Crippen molar-refractivity contribution in [1.29, 1.82) is 0 Å². The third-order valence-corrected chi connectivity index (χ3v) is 0. The summed E-state index contributed by atoms with van der Waals surface area (Å²) in [5.41, 5.74) is 0. The molecule has 0 aliphatic heterocycles. The van der Waals surface area contributed by atoms with E-state index in [1.807, 2.05) is 0 Å². The monoisotopic (exact) mass is 262 g/mol. The van der Waals surface area contributed by atoms with Crippen LogP contribution in [0.2, 0.25) is 0 Å². The van der Waals surface area contributed by atoms with Crippen molar-refractivity contribution < 1.29 is 35.7 Å². The van der Waals surface area contributed by atoms with E-state index in [1.165, 1.54) is 0 Å². The second-order valence-corrected chi connectivity index (χ2v) is 0. The first-order valence-corrected chi connectivity index (χ1v) is 0. The predicted molar refractivity (Wildman–Crippen MR) is 45.1 cm³/mol. The quantitative estimate of drug-likeness (QED) is 0.300. The number of hydrogen-bond donors (Lipinski definition) is 0. The van der Waals surface area contributed by atoms with Gasteiger partial charge in [-0.3, -0.25) is 0 Å². The minimum Gasteiger partial charge on any atom is -1.00 e. The van der Waals surface area contributed by atoms with Gasteiger partial charge in [0, 0.05) is 0 Å². The van der Waals surface area contributed by atoms with Gasteiger partial charge in [0.2, 0.25) is 0 Å². The van der Waals surface area contributed by atoms with Crippen LogP contribution in [-0.4, -0.2) is 55.9 Å². The molecule has 8 heavy (non-hydrogen) atoms. The van der Waals surface area contributed by atoms with Crippen LogP contribution in [0.15, 0.2) is 0 Å². The summed E-state index contributed by atoms with van der Waals surface area (Å²) >= 11 is 0. The average molecular weight is 262 g/mol. The van der Waals surface area contributed by atoms with Crippen LogP contribution in [0, 0.1) is 0 Å². The Morgan fingerprint density at radius 2 is 0.500 bits per heavy atom. The minimum absolute atomic E-state index is 0. The number of rotatable bonds is 0. The largest absolute Gasteiger partial charge is 2.00 e. The molecule has 0 radical (unpaired) electrons. The SMILES string of the molecule is I.O.O.O.O.O.O.[H-].[H-].[Mg+2]. The third-order valence-electron chi connectivity index (χ3n) is 0. The maximum absolute atomic E-state index is 0. The molecular formula is H15IMgO6. The maximum atomic E-state index is 0. The molecule has 6 nitrogen and oxygen atoms in total. The van der Waals surface area contributed by atoms with Crippen molar-refractivity contribution in [1.82, 2.24) is 0 Å². The van der Waals surface area contributed by atoms with Crippen molar-refractivity contribution in [3.63, 3.8) is 0 Å². The van der Waals surface area contributed by atoms with E-state index in [0.717, 1.165) is 0 Å². The van der Waals surface area contributed by atoms with E-state index >= 15 is 0 Å². The Morgan fingerprint density at radius 1 is 0.500 bits per heavy atom. The summed E-state index contributed by atoms with van der Waals surface area (Å²) < 4.78 is 0. The summed E-state index contributed by atoms with van der Waals surface area (Å²) in [6.07, 6.45) is 0. The van der Waals surface area contributed by atoms with Gasteiger partial charge in [-0.25, -0.2) is 0 Å². The smallest absolute Gasteiger partial charge is 1.00 e. The summed E-state index contributed by atoms with van der Waals surface area (Å²) in [5, 5.41) is 0. The maximum Gasteiger partial charge on any atom is 2.00 e. The molecule has 0 heterocycles. The predicted octanol–water partition coefficient (Wildman–Crippen LogP) is -4.49. The van der Waals surface area contributed by atoms with Crippen molar-refractivity contribution in [3.8, 4) is 0 Å². The molecule has 0 aromatic rings. The van der Waals surface area contributed by atoms with Crippen LogP contribution in [0.5, 0.6) is 0 Å². The Kier molecular flexibility index (Phi) is 13800. The van der Waals surface area contributed by atoms with Gasteiger partial charge in [-0.05, 0) is 0 Å². The van der Waals surface area contributed by atoms with Crippen LogP contribution in [0.25, 0.3) is 0 Å². The van der Waals surface area contributed by atoms with Gasteiger partial charge in [0.1, 0.15) is 0 Å². The standard InChI is InChI=1S/HI.Mg.6H2O.2H/h1H;;6*1H2;;/q;+2;;;;;;;2*-1. The summed E-state index contributed by atoms with van der Waals surface area (Å²) in [7, 11) is 0. The van der Waals surface area contributed by atoms with Gasteiger partial charge >= 0.3 is 23.1 Å². The molecule has 0 spiro atoms. The fourth-order valence-corrected chi connectivity index (χ4v) is 0. The van der Waals surface area contributed by atoms with Gasteiger partial charge in [-0.1, -0.05) is 0 Å². The Balaban J connectivity index is 0. The molecule has 0 aliphatic carbocycles. The molecular weight excluding hydrogens is 247 g/mol. The normalized spacial score (nSPS) is 0. The van der Waals surface area contributed by atoms with E-state index in [1.54, 1.807) is 0 Å². The topological polar surface area (TPSA) is 189 Å². The number of hydrogen-bond acceptors (Lipinski definition) is 0. The summed E-state index contributed by atoms with van der Waals surface area (Å²) in [5.74, 6) is 0. The zero-order valence-electron chi connectivity index (χ0n) is 6.12. The van der Waals surface area contributed by atoms with E-state index in [2.05, 4.69) is 0 Å². The van der Waals surface area contributed by atoms with Crippen molar-refractivity contribution in [2.75, 3.05) is 0 Å². The van der Waals surface area contributed by atoms with Gasteiger partial charge in [0.05, 0.1) is 0 Å². The molecule has 0 saturated heterocycles.